The average Bonchev–Trinajstić information content (AvgIpc) is 2.38. The summed E-state index contributed by atoms with van der Waals surface area (Å²) in [5.74, 6) is 0.123. The number of carbonyl (C=O) groups is 1. The van der Waals surface area contributed by atoms with Crippen molar-refractivity contribution in [3.8, 4) is 0 Å². The highest BCUT2D eigenvalue weighted by Gasteiger charge is 2.21. The number of carbonyl (C=O) groups excluding carboxylic acids is 1. The first-order valence-electron chi connectivity index (χ1n) is 7.34. The molecule has 1 saturated heterocycles. The third-order valence-corrected chi connectivity index (χ3v) is 3.74. The molecule has 1 aliphatic rings. The minimum Gasteiger partial charge on any atom is -0.358 e. The van der Waals surface area contributed by atoms with Gasteiger partial charge in [0.1, 0.15) is 0 Å². The maximum Gasteiger partial charge on any atom is 0.233 e. The van der Waals surface area contributed by atoms with Crippen molar-refractivity contribution in [3.05, 3.63) is 0 Å². The molecule has 18 heavy (non-hydrogen) atoms. The van der Waals surface area contributed by atoms with Gasteiger partial charge >= 0.3 is 0 Å². The second-order valence-electron chi connectivity index (χ2n) is 5.43. The van der Waals surface area contributed by atoms with Crippen molar-refractivity contribution < 1.29 is 4.79 Å². The van der Waals surface area contributed by atoms with Crippen molar-refractivity contribution in [1.29, 1.82) is 0 Å². The van der Waals surface area contributed by atoms with Crippen LogP contribution in [0.4, 0.5) is 0 Å². The van der Waals surface area contributed by atoms with Crippen molar-refractivity contribution >= 4 is 5.91 Å². The molecule has 1 unspecified atom stereocenters. The van der Waals surface area contributed by atoms with E-state index in [0.717, 1.165) is 25.9 Å². The summed E-state index contributed by atoms with van der Waals surface area (Å²) in [5.41, 5.74) is 0. The zero-order valence-corrected chi connectivity index (χ0v) is 12.2. The standard InChI is InChI=1S/C14H29N3O/c1-4-5-6-12(2)16-13-7-9-17(10-8-13)11-14(18)15-3/h12-13,16H,4-11H2,1-3H3,(H,15,18). The molecule has 1 fully saturated rings. The summed E-state index contributed by atoms with van der Waals surface area (Å²) in [6, 6.07) is 1.26. The Morgan fingerprint density at radius 3 is 2.61 bits per heavy atom. The fraction of sp³-hybridized carbons (Fsp3) is 0.929. The molecule has 0 aromatic heterocycles. The Kier molecular flexibility index (Phi) is 7.28. The molecular formula is C14H29N3O. The lowest BCUT2D eigenvalue weighted by atomic mass is 10.0. The van der Waals surface area contributed by atoms with E-state index in [-0.39, 0.29) is 5.91 Å². The number of likely N-dealkylation sites (N-methyl/N-ethyl adjacent to an activating group) is 1. The van der Waals surface area contributed by atoms with Crippen LogP contribution in [-0.2, 0) is 4.79 Å². The molecule has 0 spiro atoms. The molecule has 0 aliphatic carbocycles. The second-order valence-corrected chi connectivity index (χ2v) is 5.43. The maximum atomic E-state index is 11.3. The molecule has 1 rings (SSSR count). The van der Waals surface area contributed by atoms with Gasteiger partial charge in [-0.1, -0.05) is 19.8 Å². The van der Waals surface area contributed by atoms with Gasteiger partial charge in [-0.05, 0) is 26.2 Å². The first-order valence-corrected chi connectivity index (χ1v) is 7.34. The van der Waals surface area contributed by atoms with Crippen LogP contribution in [0.5, 0.6) is 0 Å². The van der Waals surface area contributed by atoms with Crippen molar-refractivity contribution in [2.24, 2.45) is 0 Å². The lowest BCUT2D eigenvalue weighted by molar-refractivity contribution is -0.122. The van der Waals surface area contributed by atoms with E-state index < -0.39 is 0 Å². The molecule has 0 aromatic carbocycles. The van der Waals surface area contributed by atoms with Crippen molar-refractivity contribution in [2.45, 2.75) is 58.0 Å². The van der Waals surface area contributed by atoms with Gasteiger partial charge in [0.2, 0.25) is 5.91 Å². The first kappa shape index (κ1) is 15.4. The van der Waals surface area contributed by atoms with Gasteiger partial charge < -0.3 is 10.6 Å². The summed E-state index contributed by atoms with van der Waals surface area (Å²) in [4.78, 5) is 13.5. The molecule has 1 aliphatic heterocycles. The lowest BCUT2D eigenvalue weighted by Crippen LogP contribution is -2.47. The van der Waals surface area contributed by atoms with E-state index in [4.69, 9.17) is 0 Å². The third kappa shape index (κ3) is 5.83. The van der Waals surface area contributed by atoms with Gasteiger partial charge in [-0.25, -0.2) is 0 Å². The number of amides is 1. The molecule has 0 bridgehead atoms. The van der Waals surface area contributed by atoms with E-state index >= 15 is 0 Å². The van der Waals surface area contributed by atoms with Crippen LogP contribution >= 0.6 is 0 Å². The van der Waals surface area contributed by atoms with Crippen LogP contribution in [0.3, 0.4) is 0 Å². The Bertz CT molecular complexity index is 237. The Balaban J connectivity index is 2.16. The van der Waals surface area contributed by atoms with Gasteiger partial charge in [-0.3, -0.25) is 9.69 Å². The van der Waals surface area contributed by atoms with Crippen LogP contribution in [0.1, 0.15) is 46.0 Å². The minimum atomic E-state index is 0.123. The highest BCUT2D eigenvalue weighted by molar-refractivity contribution is 5.77. The predicted octanol–water partition coefficient (Wildman–Crippen LogP) is 1.37. The van der Waals surface area contributed by atoms with E-state index in [2.05, 4.69) is 29.4 Å². The molecule has 1 atom stereocenters. The number of rotatable bonds is 7. The summed E-state index contributed by atoms with van der Waals surface area (Å²) in [7, 11) is 1.70. The van der Waals surface area contributed by atoms with Gasteiger partial charge in [0.25, 0.3) is 0 Å². The van der Waals surface area contributed by atoms with E-state index in [0.29, 0.717) is 18.6 Å². The lowest BCUT2D eigenvalue weighted by Gasteiger charge is -2.33. The average molecular weight is 255 g/mol. The molecule has 0 saturated carbocycles. The van der Waals surface area contributed by atoms with Gasteiger partial charge in [0, 0.05) is 32.2 Å². The van der Waals surface area contributed by atoms with Crippen LogP contribution in [0.25, 0.3) is 0 Å². The quantitative estimate of drug-likeness (QED) is 0.722. The van der Waals surface area contributed by atoms with Gasteiger partial charge in [-0.15, -0.1) is 0 Å². The first-order chi connectivity index (χ1) is 8.65. The van der Waals surface area contributed by atoms with E-state index in [1.54, 1.807) is 7.05 Å². The minimum absolute atomic E-state index is 0.123. The van der Waals surface area contributed by atoms with Crippen LogP contribution in [-0.4, -0.2) is 49.6 Å². The van der Waals surface area contributed by atoms with Gasteiger partial charge in [-0.2, -0.15) is 0 Å². The van der Waals surface area contributed by atoms with Crippen molar-refractivity contribution in [3.63, 3.8) is 0 Å². The molecule has 106 valence electrons. The number of hydrogen-bond donors (Lipinski definition) is 2. The largest absolute Gasteiger partial charge is 0.358 e. The zero-order valence-electron chi connectivity index (χ0n) is 12.2. The van der Waals surface area contributed by atoms with Crippen LogP contribution in [0.15, 0.2) is 0 Å². The molecule has 0 radical (unpaired) electrons. The fourth-order valence-electron chi connectivity index (χ4n) is 2.54. The second kappa shape index (κ2) is 8.48. The molecule has 2 N–H and O–H groups in total. The Hall–Kier alpha value is -0.610. The summed E-state index contributed by atoms with van der Waals surface area (Å²) in [6.45, 7) is 7.14. The molecule has 1 amide bonds. The van der Waals surface area contributed by atoms with Gasteiger partial charge in [0.05, 0.1) is 6.54 Å². The van der Waals surface area contributed by atoms with Crippen molar-refractivity contribution in [2.75, 3.05) is 26.7 Å². The normalized spacial score (nSPS) is 19.7. The number of likely N-dealkylation sites (tertiary alicyclic amines) is 1. The number of nitrogens with zero attached hydrogens (tertiary/aromatic N) is 1. The number of nitrogens with one attached hydrogen (secondary N) is 2. The van der Waals surface area contributed by atoms with Crippen LogP contribution < -0.4 is 10.6 Å². The van der Waals surface area contributed by atoms with E-state index in [1.807, 2.05) is 0 Å². The topological polar surface area (TPSA) is 44.4 Å². The molecule has 0 aromatic rings. The maximum absolute atomic E-state index is 11.3. The number of unbranched alkanes of at least 4 members (excludes halogenated alkanes) is 1. The summed E-state index contributed by atoms with van der Waals surface area (Å²) < 4.78 is 0. The predicted molar refractivity (Wildman–Crippen MR) is 75.7 cm³/mol. The molecular weight excluding hydrogens is 226 g/mol. The monoisotopic (exact) mass is 255 g/mol. The van der Waals surface area contributed by atoms with E-state index in [9.17, 15) is 4.79 Å². The van der Waals surface area contributed by atoms with Crippen LogP contribution in [0, 0.1) is 0 Å². The highest BCUT2D eigenvalue weighted by atomic mass is 16.1. The molecule has 4 nitrogen and oxygen atoms in total. The van der Waals surface area contributed by atoms with Crippen molar-refractivity contribution in [1.82, 2.24) is 15.5 Å². The Morgan fingerprint density at radius 2 is 2.06 bits per heavy atom. The number of hydrogen-bond acceptors (Lipinski definition) is 3. The summed E-state index contributed by atoms with van der Waals surface area (Å²) in [6.07, 6.45) is 6.18. The smallest absolute Gasteiger partial charge is 0.233 e. The van der Waals surface area contributed by atoms with Gasteiger partial charge in [0.15, 0.2) is 0 Å². The Morgan fingerprint density at radius 1 is 1.39 bits per heavy atom. The number of piperidine rings is 1. The van der Waals surface area contributed by atoms with E-state index in [1.165, 1.54) is 19.3 Å². The SMILES string of the molecule is CCCCC(C)NC1CCN(CC(=O)NC)CC1. The molecule has 1 heterocycles. The third-order valence-electron chi connectivity index (χ3n) is 3.74. The summed E-state index contributed by atoms with van der Waals surface area (Å²) in [5, 5.41) is 6.40. The highest BCUT2D eigenvalue weighted by Crippen LogP contribution is 2.12. The zero-order chi connectivity index (χ0) is 13.4. The fourth-order valence-corrected chi connectivity index (χ4v) is 2.54. The molecule has 4 heteroatoms. The van der Waals surface area contributed by atoms with Crippen LogP contribution in [0.2, 0.25) is 0 Å². The summed E-state index contributed by atoms with van der Waals surface area (Å²) >= 11 is 0. The Labute approximate surface area is 111 Å².